The van der Waals surface area contributed by atoms with Crippen LogP contribution in [0.15, 0.2) is 18.2 Å². The maximum absolute atomic E-state index is 10.5. The fourth-order valence-corrected chi connectivity index (χ4v) is 1.21. The molecule has 6 heteroatoms. The van der Waals surface area contributed by atoms with Gasteiger partial charge in [0.05, 0.1) is 0 Å². The molecule has 1 rings (SSSR count). The van der Waals surface area contributed by atoms with Crippen molar-refractivity contribution in [2.24, 2.45) is 0 Å². The Kier molecular flexibility index (Phi) is 4.23. The third-order valence-corrected chi connectivity index (χ3v) is 2.07. The second kappa shape index (κ2) is 5.45. The lowest BCUT2D eigenvalue weighted by atomic mass is 10.3. The molecule has 0 aliphatic rings. The predicted octanol–water partition coefficient (Wildman–Crippen LogP) is 2.49. The van der Waals surface area contributed by atoms with Crippen LogP contribution in [0, 0.1) is 10.1 Å². The molecule has 0 spiro atoms. The van der Waals surface area contributed by atoms with E-state index in [0.717, 1.165) is 11.8 Å². The molecule has 0 unspecified atom stereocenters. The van der Waals surface area contributed by atoms with Gasteiger partial charge in [-0.15, -0.1) is 0 Å². The Morgan fingerprint density at radius 3 is 2.93 bits per heavy atom. The van der Waals surface area contributed by atoms with Gasteiger partial charge in [0.15, 0.2) is 5.69 Å². The first kappa shape index (κ1) is 11.6. The van der Waals surface area contributed by atoms with Crippen LogP contribution < -0.4 is 0 Å². The zero-order valence-electron chi connectivity index (χ0n) is 7.76. The van der Waals surface area contributed by atoms with E-state index >= 15 is 0 Å². The zero-order valence-corrected chi connectivity index (χ0v) is 9.35. The molecule has 0 aromatic carbocycles. The van der Waals surface area contributed by atoms with Crippen LogP contribution >= 0.6 is 15.9 Å². The summed E-state index contributed by atoms with van der Waals surface area (Å²) in [6.07, 6.45) is 4.34. The van der Waals surface area contributed by atoms with Gasteiger partial charge in [0.2, 0.25) is 5.75 Å². The SMILES string of the molecule is O=[N+]([O-])c1nc(C=CCCBr)ccc1O. The van der Waals surface area contributed by atoms with E-state index in [2.05, 4.69) is 20.9 Å². The molecule has 0 aliphatic carbocycles. The van der Waals surface area contributed by atoms with Crippen molar-refractivity contribution in [2.45, 2.75) is 6.42 Å². The average molecular weight is 273 g/mol. The van der Waals surface area contributed by atoms with E-state index in [1.807, 2.05) is 6.08 Å². The van der Waals surface area contributed by atoms with E-state index in [1.165, 1.54) is 12.1 Å². The molecule has 15 heavy (non-hydrogen) atoms. The molecule has 0 bridgehead atoms. The Hall–Kier alpha value is -1.43. The molecular formula is C9H9BrN2O3. The number of alkyl halides is 1. The standard InChI is InChI=1S/C9H9BrN2O3/c10-6-2-1-3-7-4-5-8(13)9(11-7)12(14)15/h1,3-5,13H,2,6H2. The largest absolute Gasteiger partial charge is 0.501 e. The van der Waals surface area contributed by atoms with E-state index in [-0.39, 0.29) is 0 Å². The highest BCUT2D eigenvalue weighted by atomic mass is 79.9. The summed E-state index contributed by atoms with van der Waals surface area (Å²) in [5.41, 5.74) is 0.459. The summed E-state index contributed by atoms with van der Waals surface area (Å²) in [6.45, 7) is 0. The van der Waals surface area contributed by atoms with Gasteiger partial charge in [0, 0.05) is 5.33 Å². The summed E-state index contributed by atoms with van der Waals surface area (Å²) >= 11 is 3.25. The van der Waals surface area contributed by atoms with E-state index in [0.29, 0.717) is 5.69 Å². The van der Waals surface area contributed by atoms with Crippen LogP contribution in [0.25, 0.3) is 6.08 Å². The van der Waals surface area contributed by atoms with Gasteiger partial charge in [-0.25, -0.2) is 0 Å². The molecule has 0 fully saturated rings. The fourth-order valence-electron chi connectivity index (χ4n) is 0.950. The van der Waals surface area contributed by atoms with Crippen molar-refractivity contribution in [1.82, 2.24) is 4.98 Å². The van der Waals surface area contributed by atoms with Gasteiger partial charge < -0.3 is 15.2 Å². The van der Waals surface area contributed by atoms with Crippen LogP contribution in [-0.4, -0.2) is 20.3 Å². The molecule has 0 saturated carbocycles. The summed E-state index contributed by atoms with van der Waals surface area (Å²) in [5, 5.41) is 20.4. The monoisotopic (exact) mass is 272 g/mol. The topological polar surface area (TPSA) is 76.3 Å². The van der Waals surface area contributed by atoms with Gasteiger partial charge in [-0.05, 0) is 34.5 Å². The Morgan fingerprint density at radius 1 is 1.60 bits per heavy atom. The highest BCUT2D eigenvalue weighted by molar-refractivity contribution is 9.09. The minimum Gasteiger partial charge on any atom is -0.501 e. The highest BCUT2D eigenvalue weighted by Crippen LogP contribution is 2.22. The number of allylic oxidation sites excluding steroid dienone is 1. The van der Waals surface area contributed by atoms with Crippen molar-refractivity contribution in [3.05, 3.63) is 34.0 Å². The number of nitro groups is 1. The van der Waals surface area contributed by atoms with E-state index in [4.69, 9.17) is 5.11 Å². The number of rotatable bonds is 4. The van der Waals surface area contributed by atoms with E-state index in [1.54, 1.807) is 6.08 Å². The first-order chi connectivity index (χ1) is 7.15. The number of hydrogen-bond donors (Lipinski definition) is 1. The number of halogens is 1. The average Bonchev–Trinajstić information content (AvgIpc) is 2.20. The summed E-state index contributed by atoms with van der Waals surface area (Å²) in [7, 11) is 0. The highest BCUT2D eigenvalue weighted by Gasteiger charge is 2.15. The number of nitrogens with zero attached hydrogens (tertiary/aromatic N) is 2. The van der Waals surface area contributed by atoms with Crippen molar-refractivity contribution in [3.8, 4) is 5.75 Å². The second-order valence-electron chi connectivity index (χ2n) is 2.72. The summed E-state index contributed by atoms with van der Waals surface area (Å²) in [6, 6.07) is 2.78. The first-order valence-corrected chi connectivity index (χ1v) is 5.34. The lowest BCUT2D eigenvalue weighted by Gasteiger charge is -1.95. The van der Waals surface area contributed by atoms with Crippen molar-refractivity contribution >= 4 is 27.8 Å². The van der Waals surface area contributed by atoms with Crippen LogP contribution in [0.3, 0.4) is 0 Å². The van der Waals surface area contributed by atoms with Crippen LogP contribution in [-0.2, 0) is 0 Å². The molecular weight excluding hydrogens is 264 g/mol. The Morgan fingerprint density at radius 2 is 2.33 bits per heavy atom. The first-order valence-electron chi connectivity index (χ1n) is 4.22. The van der Waals surface area contributed by atoms with Gasteiger partial charge >= 0.3 is 5.82 Å². The van der Waals surface area contributed by atoms with E-state index in [9.17, 15) is 10.1 Å². The summed E-state index contributed by atoms with van der Waals surface area (Å²) < 4.78 is 0. The second-order valence-corrected chi connectivity index (χ2v) is 3.51. The molecule has 0 radical (unpaired) electrons. The molecule has 0 aliphatic heterocycles. The minimum atomic E-state index is -0.711. The van der Waals surface area contributed by atoms with Gasteiger partial charge in [0.1, 0.15) is 0 Å². The van der Waals surface area contributed by atoms with Gasteiger partial charge in [-0.1, -0.05) is 22.0 Å². The third-order valence-electron chi connectivity index (χ3n) is 1.61. The molecule has 1 aromatic heterocycles. The maximum Gasteiger partial charge on any atom is 0.406 e. The Balaban J connectivity index is 2.92. The minimum absolute atomic E-state index is 0.419. The van der Waals surface area contributed by atoms with Crippen molar-refractivity contribution in [2.75, 3.05) is 5.33 Å². The number of aromatic nitrogens is 1. The summed E-state index contributed by atoms with van der Waals surface area (Å²) in [5.74, 6) is -0.936. The van der Waals surface area contributed by atoms with Crippen molar-refractivity contribution < 1.29 is 10.0 Å². The molecule has 1 heterocycles. The maximum atomic E-state index is 10.5. The molecule has 1 N–H and O–H groups in total. The Labute approximate surface area is 94.7 Å². The lowest BCUT2D eigenvalue weighted by molar-refractivity contribution is -0.390. The lowest BCUT2D eigenvalue weighted by Crippen LogP contribution is -1.93. The molecule has 0 saturated heterocycles. The summed E-state index contributed by atoms with van der Waals surface area (Å²) in [4.78, 5) is 13.4. The van der Waals surface area contributed by atoms with Crippen molar-refractivity contribution in [3.63, 3.8) is 0 Å². The van der Waals surface area contributed by atoms with Gasteiger partial charge in [0.25, 0.3) is 0 Å². The number of aromatic hydroxyl groups is 1. The van der Waals surface area contributed by atoms with Gasteiger partial charge in [-0.2, -0.15) is 0 Å². The Bertz CT molecular complexity index is 393. The smallest absolute Gasteiger partial charge is 0.406 e. The predicted molar refractivity (Wildman–Crippen MR) is 60.0 cm³/mol. The van der Waals surface area contributed by atoms with Crippen LogP contribution in [0.1, 0.15) is 12.1 Å². The zero-order chi connectivity index (χ0) is 11.3. The van der Waals surface area contributed by atoms with Crippen LogP contribution in [0.5, 0.6) is 5.75 Å². The van der Waals surface area contributed by atoms with Crippen LogP contribution in [0.2, 0.25) is 0 Å². The number of pyridine rings is 1. The van der Waals surface area contributed by atoms with Crippen molar-refractivity contribution in [1.29, 1.82) is 0 Å². The molecule has 1 aromatic rings. The molecule has 5 nitrogen and oxygen atoms in total. The quantitative estimate of drug-likeness (QED) is 0.519. The number of hydrogen-bond acceptors (Lipinski definition) is 4. The van der Waals surface area contributed by atoms with E-state index < -0.39 is 16.5 Å². The third kappa shape index (κ3) is 3.32. The normalized spacial score (nSPS) is 10.7. The van der Waals surface area contributed by atoms with Crippen LogP contribution in [0.4, 0.5) is 5.82 Å². The molecule has 80 valence electrons. The molecule has 0 amide bonds. The van der Waals surface area contributed by atoms with Gasteiger partial charge in [-0.3, -0.25) is 0 Å². The fraction of sp³-hybridized carbons (Fsp3) is 0.222. The molecule has 0 atom stereocenters.